The van der Waals surface area contributed by atoms with Crippen molar-refractivity contribution in [2.75, 3.05) is 12.0 Å². The lowest BCUT2D eigenvalue weighted by atomic mass is 10.1. The second-order valence-electron chi connectivity index (χ2n) is 11.4. The van der Waals surface area contributed by atoms with Crippen LogP contribution in [0, 0.1) is 0 Å². The van der Waals surface area contributed by atoms with Crippen molar-refractivity contribution < 1.29 is 57.5 Å². The fourth-order valence-electron chi connectivity index (χ4n) is 4.15. The molecule has 21 heteroatoms. The van der Waals surface area contributed by atoms with E-state index in [4.69, 9.17) is 16.1 Å². The summed E-state index contributed by atoms with van der Waals surface area (Å²) in [5.41, 5.74) is 3.63. The number of halogens is 6. The van der Waals surface area contributed by atoms with E-state index in [1.165, 1.54) is 60.1 Å². The van der Waals surface area contributed by atoms with Crippen LogP contribution in [0.3, 0.4) is 0 Å². The van der Waals surface area contributed by atoms with E-state index in [9.17, 15) is 52.8 Å². The van der Waals surface area contributed by atoms with Crippen LogP contribution in [0.1, 0.15) is 74.6 Å². The maximum absolute atomic E-state index is 12.9. The number of aromatic nitrogens is 2. The molecule has 0 saturated heterocycles. The predicted molar refractivity (Wildman–Crippen MR) is 197 cm³/mol. The summed E-state index contributed by atoms with van der Waals surface area (Å²) in [5, 5.41) is 13.5. The molecule has 0 bridgehead atoms. The number of unbranched alkanes of at least 4 members (excludes halogenated alkanes) is 2. The van der Waals surface area contributed by atoms with E-state index < -0.39 is 44.1 Å². The molecule has 0 spiro atoms. The van der Waals surface area contributed by atoms with Crippen LogP contribution in [0.2, 0.25) is 0 Å². The lowest BCUT2D eigenvalue weighted by molar-refractivity contribution is -0.199. The highest BCUT2D eigenvalue weighted by Crippen LogP contribution is 2.30. The van der Waals surface area contributed by atoms with Crippen LogP contribution < -0.4 is 21.5 Å². The van der Waals surface area contributed by atoms with Gasteiger partial charge in [-0.1, -0.05) is 57.0 Å². The number of sulfonamides is 2. The molecule has 1 heterocycles. The zero-order valence-corrected chi connectivity index (χ0v) is 32.2. The summed E-state index contributed by atoms with van der Waals surface area (Å²) in [6.07, 6.45) is -4.64. The third-order valence-electron chi connectivity index (χ3n) is 6.98. The number of hydrogen-bond acceptors (Lipinski definition) is 10. The van der Waals surface area contributed by atoms with Crippen molar-refractivity contribution in [2.45, 2.75) is 81.4 Å². The summed E-state index contributed by atoms with van der Waals surface area (Å²) in [6, 6.07) is 21.5. The van der Waals surface area contributed by atoms with Crippen molar-refractivity contribution in [1.29, 1.82) is 0 Å². The first-order valence-electron chi connectivity index (χ1n) is 16.7. The molecule has 310 valence electrons. The molecule has 7 N–H and O–H groups in total. The number of alkyl halides is 6. The highest BCUT2D eigenvalue weighted by atomic mass is 32.2. The molecule has 4 aromatic rings. The van der Waals surface area contributed by atoms with Gasteiger partial charge < -0.3 is 10.2 Å². The maximum atomic E-state index is 12.9. The second-order valence-corrected chi connectivity index (χ2v) is 14.5. The summed E-state index contributed by atoms with van der Waals surface area (Å²) < 4.78 is 121. The number of hydrogen-bond donors (Lipinski definition) is 4. The Bertz CT molecular complexity index is 2030. The van der Waals surface area contributed by atoms with E-state index in [0.29, 0.717) is 29.9 Å². The number of anilines is 1. The number of carbonyl (C=O) groups is 2. The van der Waals surface area contributed by atoms with Crippen LogP contribution in [0.4, 0.5) is 32.0 Å². The van der Waals surface area contributed by atoms with Crippen molar-refractivity contribution in [3.05, 3.63) is 102 Å². The highest BCUT2D eigenvalue weighted by Gasteiger charge is 2.40. The van der Waals surface area contributed by atoms with Gasteiger partial charge in [0.25, 0.3) is 0 Å². The third kappa shape index (κ3) is 17.8. The average Bonchev–Trinajstić information content (AvgIpc) is 3.58. The predicted octanol–water partition coefficient (Wildman–Crippen LogP) is 6.67. The van der Waals surface area contributed by atoms with Gasteiger partial charge in [-0.3, -0.25) is 10.6 Å². The first-order chi connectivity index (χ1) is 26.0. The Balaban J connectivity index is 0.000000404. The average molecular weight is 839 g/mol. The van der Waals surface area contributed by atoms with Gasteiger partial charge in [0.2, 0.25) is 20.0 Å². The summed E-state index contributed by atoms with van der Waals surface area (Å²) in [5.74, 6) is 3.21. The summed E-state index contributed by atoms with van der Waals surface area (Å²) in [7, 11) is -7.45. The van der Waals surface area contributed by atoms with Gasteiger partial charge in [-0.05, 0) is 80.8 Å². The van der Waals surface area contributed by atoms with Crippen molar-refractivity contribution in [3.63, 3.8) is 0 Å². The second kappa shape index (κ2) is 22.7. The number of nitrogen functional groups attached to an aromatic ring is 1. The maximum Gasteiger partial charge on any atom is 0.490 e. The van der Waals surface area contributed by atoms with Crippen molar-refractivity contribution in [1.82, 2.24) is 9.78 Å². The SMILES string of the molecule is CCCCC(=O)c1ccccc1.CCCCc1cc(C(F)(F)F)nn1-c1ccc(S(N)(=O)=O)cc1.CCOC(=O)C(F)(F)F.NNc1ccc(S(N)(=O)=O)cc1. The van der Waals surface area contributed by atoms with Crippen molar-refractivity contribution in [3.8, 4) is 5.69 Å². The minimum atomic E-state index is -4.85. The minimum Gasteiger partial charge on any atom is -0.459 e. The van der Waals surface area contributed by atoms with Crippen LogP contribution in [0.25, 0.3) is 5.69 Å². The van der Waals surface area contributed by atoms with Crippen molar-refractivity contribution in [2.24, 2.45) is 16.1 Å². The molecule has 0 saturated carbocycles. The molecule has 0 aliphatic heterocycles. The summed E-state index contributed by atoms with van der Waals surface area (Å²) in [4.78, 5) is 21.1. The number of ketones is 1. The number of benzene rings is 3. The largest absolute Gasteiger partial charge is 0.490 e. The quantitative estimate of drug-likeness (QED) is 0.0390. The fourth-order valence-corrected chi connectivity index (χ4v) is 5.19. The number of aryl methyl sites for hydroxylation is 1. The number of Topliss-reactive ketones (excluding diaryl/α,β-unsaturated/α-hetero) is 1. The third-order valence-corrected chi connectivity index (χ3v) is 8.84. The molecule has 0 aliphatic rings. The van der Waals surface area contributed by atoms with E-state index in [-0.39, 0.29) is 22.2 Å². The topological polar surface area (TPSA) is 220 Å². The fraction of sp³-hybridized carbons (Fsp3) is 0.343. The Kier molecular flexibility index (Phi) is 19.9. The van der Waals surface area contributed by atoms with E-state index in [2.05, 4.69) is 22.2 Å². The monoisotopic (exact) mass is 838 g/mol. The highest BCUT2D eigenvalue weighted by molar-refractivity contribution is 7.89. The van der Waals surface area contributed by atoms with Crippen LogP contribution in [0.15, 0.2) is 94.7 Å². The molecular formula is C35H44F6N6O7S2. The number of nitrogens with one attached hydrogen (secondary N) is 1. The van der Waals surface area contributed by atoms with Gasteiger partial charge >= 0.3 is 18.3 Å². The molecule has 0 atom stereocenters. The smallest absolute Gasteiger partial charge is 0.459 e. The lowest BCUT2D eigenvalue weighted by Crippen LogP contribution is -2.25. The number of nitrogens with zero attached hydrogens (tertiary/aromatic N) is 2. The van der Waals surface area contributed by atoms with Gasteiger partial charge in [0.1, 0.15) is 0 Å². The van der Waals surface area contributed by atoms with Gasteiger partial charge in [0, 0.05) is 23.4 Å². The molecule has 0 fully saturated rings. The molecule has 0 radical (unpaired) electrons. The number of carbonyl (C=O) groups excluding carboxylic acids is 2. The summed E-state index contributed by atoms with van der Waals surface area (Å²) >= 11 is 0. The molecule has 0 amide bonds. The van der Waals surface area contributed by atoms with Gasteiger partial charge in [-0.25, -0.2) is 36.6 Å². The summed E-state index contributed by atoms with van der Waals surface area (Å²) in [6.45, 7) is 5.09. The number of ether oxygens (including phenoxy) is 1. The Morgan fingerprint density at radius 1 is 0.768 bits per heavy atom. The molecule has 0 unspecified atom stereocenters. The number of esters is 1. The van der Waals surface area contributed by atoms with Gasteiger partial charge in [0.15, 0.2) is 11.5 Å². The van der Waals surface area contributed by atoms with Crippen LogP contribution >= 0.6 is 0 Å². The Morgan fingerprint density at radius 2 is 1.27 bits per heavy atom. The van der Waals surface area contributed by atoms with Crippen LogP contribution in [-0.4, -0.2) is 51.2 Å². The van der Waals surface area contributed by atoms with Gasteiger partial charge in [-0.2, -0.15) is 31.4 Å². The Labute approximate surface area is 321 Å². The molecule has 56 heavy (non-hydrogen) atoms. The molecule has 1 aromatic heterocycles. The zero-order valence-electron chi connectivity index (χ0n) is 30.6. The first kappa shape index (κ1) is 49.2. The van der Waals surface area contributed by atoms with Crippen molar-refractivity contribution >= 4 is 37.5 Å². The first-order valence-corrected chi connectivity index (χ1v) is 19.8. The molecule has 4 rings (SSSR count). The Morgan fingerprint density at radius 3 is 1.66 bits per heavy atom. The molecule has 3 aromatic carbocycles. The van der Waals surface area contributed by atoms with E-state index >= 15 is 0 Å². The zero-order chi connectivity index (χ0) is 42.7. The minimum absolute atomic E-state index is 0.0708. The van der Waals surface area contributed by atoms with Gasteiger partial charge in [0.05, 0.1) is 22.1 Å². The number of hydrazine groups is 1. The Hall–Kier alpha value is -4.83. The standard InChI is InChI=1S/C14H16F3N3O2S.C11H14O.C6H9N3O2S.C4H5F3O2/c1-2-3-4-11-9-13(14(15,16)17)19-20(11)10-5-7-12(8-6-10)23(18,21)22;1-2-3-9-11(12)10-7-5-4-6-8-10;7-9-5-1-3-6(4-2-5)12(8,10)11;1-2-9-3(8)4(5,6)7/h5-9H,2-4H2,1H3,(H2,18,21,22);4-8H,2-3,9H2,1H3;1-4,9H,7H2,(H2,8,10,11);2H2,1H3. The molecular weight excluding hydrogens is 795 g/mol. The van der Waals surface area contributed by atoms with Gasteiger partial charge in [-0.15, -0.1) is 0 Å². The van der Waals surface area contributed by atoms with Crippen LogP contribution in [-0.2, 0) is 42.2 Å². The lowest BCUT2D eigenvalue weighted by Gasteiger charge is -2.08. The number of primary sulfonamides is 2. The van der Waals surface area contributed by atoms with E-state index in [1.807, 2.05) is 37.3 Å². The molecule has 0 aliphatic carbocycles. The number of nitrogens with two attached hydrogens (primary N) is 3. The van der Waals surface area contributed by atoms with E-state index in [1.54, 1.807) is 0 Å². The normalized spacial score (nSPS) is 11.4. The van der Waals surface area contributed by atoms with Crippen LogP contribution in [0.5, 0.6) is 0 Å². The number of rotatable bonds is 12. The molecule has 13 nitrogen and oxygen atoms in total. The van der Waals surface area contributed by atoms with E-state index in [0.717, 1.165) is 37.3 Å².